The molecule has 1 aliphatic rings. The number of hydrogen-bond acceptors (Lipinski definition) is 5. The summed E-state index contributed by atoms with van der Waals surface area (Å²) in [6.45, 7) is 4.62. The molecule has 1 aliphatic heterocycles. The fourth-order valence-electron chi connectivity index (χ4n) is 3.52. The van der Waals surface area contributed by atoms with Crippen molar-refractivity contribution >= 4 is 23.2 Å². The van der Waals surface area contributed by atoms with E-state index in [1.807, 2.05) is 17.0 Å². The number of benzene rings is 2. The molecule has 0 spiro atoms. The van der Waals surface area contributed by atoms with Crippen molar-refractivity contribution in [3.05, 3.63) is 81.7 Å². The van der Waals surface area contributed by atoms with Gasteiger partial charge in [-0.15, -0.1) is 0 Å². The maximum absolute atomic E-state index is 13.2. The lowest BCUT2D eigenvalue weighted by Gasteiger charge is -2.40. The number of hydrogen-bond donors (Lipinski definition) is 0. The fraction of sp³-hybridized carbons (Fsp3) is 0.286. The molecule has 2 aromatic carbocycles. The molecule has 1 saturated heterocycles. The molecule has 0 amide bonds. The Morgan fingerprint density at radius 2 is 1.83 bits per heavy atom. The first-order valence-electron chi connectivity index (χ1n) is 9.45. The van der Waals surface area contributed by atoms with Gasteiger partial charge in [-0.2, -0.15) is 4.98 Å². The van der Waals surface area contributed by atoms with Crippen LogP contribution in [0.5, 0.6) is 0 Å². The zero-order chi connectivity index (χ0) is 20.4. The Morgan fingerprint density at radius 1 is 1.10 bits per heavy atom. The minimum atomic E-state index is -0.335. The zero-order valence-electron chi connectivity index (χ0n) is 16.0. The van der Waals surface area contributed by atoms with E-state index in [9.17, 15) is 9.18 Å². The van der Waals surface area contributed by atoms with Crippen molar-refractivity contribution < 1.29 is 4.39 Å². The van der Waals surface area contributed by atoms with Gasteiger partial charge in [0.05, 0.1) is 6.54 Å². The lowest BCUT2D eigenvalue weighted by atomic mass is 10.1. The van der Waals surface area contributed by atoms with Crippen LogP contribution in [0.15, 0.2) is 59.7 Å². The summed E-state index contributed by atoms with van der Waals surface area (Å²) in [5, 5.41) is 0.654. The van der Waals surface area contributed by atoms with Crippen LogP contribution in [0, 0.1) is 5.82 Å². The number of halogens is 2. The van der Waals surface area contributed by atoms with Crippen molar-refractivity contribution in [2.45, 2.75) is 19.5 Å². The molecule has 29 heavy (non-hydrogen) atoms. The van der Waals surface area contributed by atoms with Crippen LogP contribution in [0.4, 0.5) is 16.0 Å². The third kappa shape index (κ3) is 4.40. The second kappa shape index (κ2) is 8.21. The molecule has 0 N–H and O–H groups in total. The van der Waals surface area contributed by atoms with Gasteiger partial charge in [-0.05, 0) is 48.9 Å². The Bertz CT molecular complexity index is 1040. The van der Waals surface area contributed by atoms with Crippen LogP contribution in [0.1, 0.15) is 12.5 Å². The third-order valence-corrected chi connectivity index (χ3v) is 5.35. The molecule has 150 valence electrons. The average Bonchev–Trinajstić information content (AvgIpc) is 2.72. The summed E-state index contributed by atoms with van der Waals surface area (Å²) >= 11 is 5.90. The highest BCUT2D eigenvalue weighted by Gasteiger charge is 2.26. The minimum absolute atomic E-state index is 0.111. The number of rotatable bonds is 4. The second-order valence-electron chi connectivity index (χ2n) is 7.16. The predicted octanol–water partition coefficient (Wildman–Crippen LogP) is 3.19. The van der Waals surface area contributed by atoms with Gasteiger partial charge in [0.1, 0.15) is 12.1 Å². The molecule has 0 radical (unpaired) electrons. The second-order valence-corrected chi connectivity index (χ2v) is 7.59. The monoisotopic (exact) mass is 413 g/mol. The summed E-state index contributed by atoms with van der Waals surface area (Å²) in [5.41, 5.74) is 1.60. The predicted molar refractivity (Wildman–Crippen MR) is 112 cm³/mol. The largest absolute Gasteiger partial charge is 0.368 e. The topological polar surface area (TPSA) is 54.3 Å². The van der Waals surface area contributed by atoms with Crippen molar-refractivity contribution in [2.75, 3.05) is 29.4 Å². The quantitative estimate of drug-likeness (QED) is 0.657. The van der Waals surface area contributed by atoms with E-state index in [0.29, 0.717) is 24.1 Å². The smallest absolute Gasteiger partial charge is 0.352 e. The average molecular weight is 414 g/mol. The highest BCUT2D eigenvalue weighted by molar-refractivity contribution is 6.30. The summed E-state index contributed by atoms with van der Waals surface area (Å²) in [6.07, 6.45) is 1.54. The maximum atomic E-state index is 13.2. The van der Waals surface area contributed by atoms with Gasteiger partial charge in [0.25, 0.3) is 0 Å². The molecule has 8 heteroatoms. The molecule has 0 bridgehead atoms. The highest BCUT2D eigenvalue weighted by atomic mass is 35.5. The molecule has 0 aliphatic carbocycles. The first-order chi connectivity index (χ1) is 14.0. The van der Waals surface area contributed by atoms with Crippen LogP contribution in [-0.2, 0) is 6.54 Å². The molecule has 1 unspecified atom stereocenters. The van der Waals surface area contributed by atoms with Crippen molar-refractivity contribution in [2.24, 2.45) is 0 Å². The van der Waals surface area contributed by atoms with E-state index >= 15 is 0 Å². The molecule has 6 nitrogen and oxygen atoms in total. The van der Waals surface area contributed by atoms with Gasteiger partial charge in [-0.25, -0.2) is 14.2 Å². The summed E-state index contributed by atoms with van der Waals surface area (Å²) in [7, 11) is 0. The standard InChI is InChI=1S/C21H21ClFN5O/c1-15-12-26(19-8-6-18(23)7-9-19)10-11-28(15)20-24-14-27(21(29)25-20)13-16-2-4-17(22)5-3-16/h2-9,14-15H,10-13H2,1H3. The maximum Gasteiger partial charge on any atom is 0.352 e. The summed E-state index contributed by atoms with van der Waals surface area (Å²) < 4.78 is 14.6. The Labute approximate surface area is 173 Å². The molecule has 4 rings (SSSR count). The van der Waals surface area contributed by atoms with E-state index in [4.69, 9.17) is 11.6 Å². The first-order valence-corrected chi connectivity index (χ1v) is 9.82. The van der Waals surface area contributed by atoms with E-state index in [1.165, 1.54) is 16.7 Å². The van der Waals surface area contributed by atoms with Crippen LogP contribution in [0.25, 0.3) is 0 Å². The van der Waals surface area contributed by atoms with Gasteiger partial charge >= 0.3 is 5.69 Å². The highest BCUT2D eigenvalue weighted by Crippen LogP contribution is 2.21. The molecular formula is C21H21ClFN5O. The van der Waals surface area contributed by atoms with Gasteiger partial charge in [0.15, 0.2) is 0 Å². The molecular weight excluding hydrogens is 393 g/mol. The summed E-state index contributed by atoms with van der Waals surface area (Å²) in [6, 6.07) is 13.9. The van der Waals surface area contributed by atoms with Crippen molar-refractivity contribution in [3.63, 3.8) is 0 Å². The van der Waals surface area contributed by atoms with E-state index in [-0.39, 0.29) is 17.5 Å². The van der Waals surface area contributed by atoms with Crippen LogP contribution in [-0.4, -0.2) is 40.2 Å². The van der Waals surface area contributed by atoms with Gasteiger partial charge in [0.2, 0.25) is 5.95 Å². The first kappa shape index (κ1) is 19.4. The summed E-state index contributed by atoms with van der Waals surface area (Å²) in [4.78, 5) is 25.3. The number of piperazine rings is 1. The SMILES string of the molecule is CC1CN(c2ccc(F)cc2)CCN1c1ncn(Cc2ccc(Cl)cc2)c(=O)n1. The lowest BCUT2D eigenvalue weighted by Crippen LogP contribution is -2.53. The van der Waals surface area contributed by atoms with Crippen molar-refractivity contribution in [1.82, 2.24) is 14.5 Å². The number of aromatic nitrogens is 3. The van der Waals surface area contributed by atoms with E-state index < -0.39 is 0 Å². The Balaban J connectivity index is 1.46. The number of nitrogens with zero attached hydrogens (tertiary/aromatic N) is 5. The molecule has 3 aromatic rings. The van der Waals surface area contributed by atoms with Gasteiger partial charge in [-0.3, -0.25) is 4.57 Å². The molecule has 1 atom stereocenters. The van der Waals surface area contributed by atoms with E-state index in [2.05, 4.69) is 21.8 Å². The van der Waals surface area contributed by atoms with E-state index in [0.717, 1.165) is 24.3 Å². The minimum Gasteiger partial charge on any atom is -0.368 e. The van der Waals surface area contributed by atoms with Crippen LogP contribution in [0.3, 0.4) is 0 Å². The van der Waals surface area contributed by atoms with Gasteiger partial charge in [0, 0.05) is 36.4 Å². The Kier molecular flexibility index (Phi) is 5.49. The molecule has 2 heterocycles. The van der Waals surface area contributed by atoms with Crippen LogP contribution in [0.2, 0.25) is 5.02 Å². The molecule has 1 fully saturated rings. The van der Waals surface area contributed by atoms with E-state index in [1.54, 1.807) is 30.6 Å². The molecule has 0 saturated carbocycles. The van der Waals surface area contributed by atoms with Crippen LogP contribution < -0.4 is 15.5 Å². The fourth-order valence-corrected chi connectivity index (χ4v) is 3.65. The Hall–Kier alpha value is -2.93. The van der Waals surface area contributed by atoms with Crippen LogP contribution >= 0.6 is 11.6 Å². The van der Waals surface area contributed by atoms with Crippen molar-refractivity contribution in [1.29, 1.82) is 0 Å². The van der Waals surface area contributed by atoms with Gasteiger partial charge < -0.3 is 9.80 Å². The third-order valence-electron chi connectivity index (χ3n) is 5.10. The Morgan fingerprint density at radius 3 is 2.48 bits per heavy atom. The zero-order valence-corrected chi connectivity index (χ0v) is 16.8. The lowest BCUT2D eigenvalue weighted by molar-refractivity contribution is 0.534. The van der Waals surface area contributed by atoms with Gasteiger partial charge in [-0.1, -0.05) is 23.7 Å². The molecule has 1 aromatic heterocycles. The summed E-state index contributed by atoms with van der Waals surface area (Å²) in [5.74, 6) is 0.196. The normalized spacial score (nSPS) is 16.9. The number of anilines is 2. The van der Waals surface area contributed by atoms with Crippen molar-refractivity contribution in [3.8, 4) is 0 Å².